The summed E-state index contributed by atoms with van der Waals surface area (Å²) in [6, 6.07) is 0. The Kier molecular flexibility index (Phi) is 5.51. The third-order valence-corrected chi connectivity index (χ3v) is 1.61. The Balaban J connectivity index is 5.33. The van der Waals surface area contributed by atoms with E-state index in [4.69, 9.17) is 0 Å². The van der Waals surface area contributed by atoms with Gasteiger partial charge in [-0.25, -0.2) is 9.37 Å². The predicted molar refractivity (Wildman–Crippen MR) is 50.2 cm³/mol. The van der Waals surface area contributed by atoms with Crippen LogP contribution in [0.4, 0.5) is 8.78 Å². The van der Waals surface area contributed by atoms with E-state index in [1.165, 1.54) is 21.2 Å². The summed E-state index contributed by atoms with van der Waals surface area (Å²) in [5.41, 5.74) is -0.733. The van der Waals surface area contributed by atoms with Crippen LogP contribution in [0.5, 0.6) is 0 Å². The Morgan fingerprint density at radius 1 is 1.33 bits per heavy atom. The summed E-state index contributed by atoms with van der Waals surface area (Å²) < 4.78 is 35.4. The molecule has 0 aliphatic heterocycles. The van der Waals surface area contributed by atoms with Crippen LogP contribution in [-0.2, 0) is 14.3 Å². The molecule has 0 rings (SSSR count). The minimum absolute atomic E-state index is 0.292. The second-order valence-corrected chi connectivity index (χ2v) is 2.84. The van der Waals surface area contributed by atoms with Gasteiger partial charge in [-0.15, -0.1) is 0 Å². The van der Waals surface area contributed by atoms with Crippen molar-refractivity contribution in [2.24, 2.45) is 0 Å². The molecule has 0 aliphatic carbocycles. The summed E-state index contributed by atoms with van der Waals surface area (Å²) >= 11 is 0. The van der Waals surface area contributed by atoms with Crippen molar-refractivity contribution in [1.29, 1.82) is 0 Å². The predicted octanol–water partition coefficient (Wildman–Crippen LogP) is 0.668. The van der Waals surface area contributed by atoms with Crippen LogP contribution < -0.4 is 0 Å². The Hall–Kier alpha value is -1.46. The third kappa shape index (κ3) is 3.65. The molecule has 6 heteroatoms. The van der Waals surface area contributed by atoms with E-state index < -0.39 is 18.1 Å². The van der Waals surface area contributed by atoms with Crippen LogP contribution in [-0.4, -0.2) is 51.0 Å². The van der Waals surface area contributed by atoms with Gasteiger partial charge in [-0.2, -0.15) is 8.78 Å². The second-order valence-electron chi connectivity index (χ2n) is 2.84. The Bertz CT molecular complexity index is 294. The molecule has 0 radical (unpaired) electrons. The first-order valence-corrected chi connectivity index (χ1v) is 4.09. The first kappa shape index (κ1) is 13.5. The molecule has 0 aromatic carbocycles. The Morgan fingerprint density at radius 3 is 2.13 bits per heavy atom. The van der Waals surface area contributed by atoms with E-state index in [-0.39, 0.29) is 5.57 Å². The summed E-state index contributed by atoms with van der Waals surface area (Å²) in [5.74, 6) is -0.860. The van der Waals surface area contributed by atoms with Crippen LogP contribution in [0.1, 0.15) is 0 Å². The van der Waals surface area contributed by atoms with Crippen LogP contribution in [0.2, 0.25) is 0 Å². The van der Waals surface area contributed by atoms with Crippen LogP contribution in [0, 0.1) is 0 Å². The number of esters is 1. The number of ether oxygens (including phenoxy) is 2. The highest BCUT2D eigenvalue weighted by Crippen LogP contribution is 2.09. The van der Waals surface area contributed by atoms with Gasteiger partial charge in [-0.3, -0.25) is 0 Å². The standard InChI is InChI=1S/C9H14F2NO3/c1-12(2)7(8(10)11)6(5-14-3)9(13)15-4/h5,8H,1-4H3/q+1/b6-5+. The van der Waals surface area contributed by atoms with Crippen molar-refractivity contribution in [3.05, 3.63) is 11.8 Å². The zero-order chi connectivity index (χ0) is 12.0. The molecule has 0 saturated heterocycles. The van der Waals surface area contributed by atoms with Gasteiger partial charge >= 0.3 is 12.4 Å². The number of alkyl halides is 2. The van der Waals surface area contributed by atoms with Crippen LogP contribution in [0.15, 0.2) is 11.8 Å². The normalized spacial score (nSPS) is 11.3. The number of rotatable bonds is 4. The van der Waals surface area contributed by atoms with Crippen molar-refractivity contribution >= 4 is 11.7 Å². The fraction of sp³-hybridized carbons (Fsp3) is 0.556. The molecule has 15 heavy (non-hydrogen) atoms. The van der Waals surface area contributed by atoms with Crippen molar-refractivity contribution in [2.45, 2.75) is 6.43 Å². The molecule has 0 heterocycles. The lowest BCUT2D eigenvalue weighted by Gasteiger charge is -2.05. The van der Waals surface area contributed by atoms with Crippen LogP contribution in [0.3, 0.4) is 0 Å². The quantitative estimate of drug-likeness (QED) is 0.231. The number of nitrogens with zero attached hydrogens (tertiary/aromatic N) is 1. The van der Waals surface area contributed by atoms with Gasteiger partial charge in [0.05, 0.1) is 14.2 Å². The van der Waals surface area contributed by atoms with E-state index in [1.54, 1.807) is 0 Å². The molecule has 0 bridgehead atoms. The molecule has 0 fully saturated rings. The van der Waals surface area contributed by atoms with Crippen molar-refractivity contribution in [2.75, 3.05) is 28.3 Å². The van der Waals surface area contributed by atoms with Crippen molar-refractivity contribution in [3.63, 3.8) is 0 Å². The fourth-order valence-corrected chi connectivity index (χ4v) is 0.994. The van der Waals surface area contributed by atoms with E-state index in [0.29, 0.717) is 0 Å². The molecule has 0 saturated carbocycles. The molecule has 0 N–H and O–H groups in total. The highest BCUT2D eigenvalue weighted by atomic mass is 19.3. The molecular weight excluding hydrogens is 208 g/mol. The first-order chi connectivity index (χ1) is 6.95. The van der Waals surface area contributed by atoms with Crippen molar-refractivity contribution in [3.8, 4) is 0 Å². The molecule has 0 unspecified atom stereocenters. The van der Waals surface area contributed by atoms with E-state index in [9.17, 15) is 13.6 Å². The maximum Gasteiger partial charge on any atom is 0.347 e. The largest absolute Gasteiger partial charge is 0.503 e. The zero-order valence-corrected chi connectivity index (χ0v) is 9.08. The molecular formula is C9H14F2NO3+. The van der Waals surface area contributed by atoms with Crippen LogP contribution >= 0.6 is 0 Å². The molecule has 4 nitrogen and oxygen atoms in total. The highest BCUT2D eigenvalue weighted by molar-refractivity contribution is 6.18. The topological polar surface area (TPSA) is 38.5 Å². The monoisotopic (exact) mass is 222 g/mol. The SMILES string of the molecule is CO/C=C(/C(=O)OC)C(C(F)F)=[N+](C)C. The Labute approximate surface area is 86.8 Å². The molecule has 0 amide bonds. The number of halogens is 2. The van der Waals surface area contributed by atoms with E-state index in [2.05, 4.69) is 9.47 Å². The van der Waals surface area contributed by atoms with E-state index in [0.717, 1.165) is 17.9 Å². The molecule has 0 spiro atoms. The maximum atomic E-state index is 12.6. The zero-order valence-electron chi connectivity index (χ0n) is 9.08. The third-order valence-electron chi connectivity index (χ3n) is 1.61. The van der Waals surface area contributed by atoms with Gasteiger partial charge in [0.1, 0.15) is 20.4 Å². The number of methoxy groups -OCH3 is 2. The highest BCUT2D eigenvalue weighted by Gasteiger charge is 2.32. The molecule has 0 aromatic rings. The number of hydrogen-bond donors (Lipinski definition) is 0. The van der Waals surface area contributed by atoms with E-state index in [1.807, 2.05) is 0 Å². The molecule has 0 aromatic heterocycles. The Morgan fingerprint density at radius 2 is 1.87 bits per heavy atom. The lowest BCUT2D eigenvalue weighted by atomic mass is 10.2. The second kappa shape index (κ2) is 6.10. The first-order valence-electron chi connectivity index (χ1n) is 4.09. The van der Waals surface area contributed by atoms with Gasteiger partial charge in [0.2, 0.25) is 0 Å². The minimum Gasteiger partial charge on any atom is -0.503 e. The van der Waals surface area contributed by atoms with Crippen LogP contribution in [0.25, 0.3) is 0 Å². The minimum atomic E-state index is -2.78. The molecule has 0 aliphatic rings. The van der Waals surface area contributed by atoms with Gasteiger partial charge in [0.15, 0.2) is 5.57 Å². The van der Waals surface area contributed by atoms with Gasteiger partial charge in [0.25, 0.3) is 5.71 Å². The van der Waals surface area contributed by atoms with Gasteiger partial charge in [-0.1, -0.05) is 0 Å². The number of hydrogen-bond acceptors (Lipinski definition) is 3. The summed E-state index contributed by atoms with van der Waals surface area (Å²) in [5, 5.41) is 0. The summed E-state index contributed by atoms with van der Waals surface area (Å²) in [6.45, 7) is 0. The molecule has 0 atom stereocenters. The summed E-state index contributed by atoms with van der Waals surface area (Å²) in [7, 11) is 5.20. The summed E-state index contributed by atoms with van der Waals surface area (Å²) in [6.07, 6.45) is -1.84. The van der Waals surface area contributed by atoms with Crippen molar-refractivity contribution < 1.29 is 27.6 Å². The van der Waals surface area contributed by atoms with Gasteiger partial charge in [-0.05, 0) is 0 Å². The average Bonchev–Trinajstić information content (AvgIpc) is 2.14. The van der Waals surface area contributed by atoms with Gasteiger partial charge in [0, 0.05) is 0 Å². The lowest BCUT2D eigenvalue weighted by molar-refractivity contribution is -0.467. The van der Waals surface area contributed by atoms with Gasteiger partial charge < -0.3 is 9.47 Å². The number of carbonyl (C=O) groups is 1. The maximum absolute atomic E-state index is 12.6. The number of carbonyl (C=O) groups excluding carboxylic acids is 1. The smallest absolute Gasteiger partial charge is 0.347 e. The fourth-order valence-electron chi connectivity index (χ4n) is 0.994. The van der Waals surface area contributed by atoms with Crippen molar-refractivity contribution in [1.82, 2.24) is 0 Å². The summed E-state index contributed by atoms with van der Waals surface area (Å²) in [4.78, 5) is 11.2. The van der Waals surface area contributed by atoms with E-state index >= 15 is 0 Å². The lowest BCUT2D eigenvalue weighted by Crippen LogP contribution is -2.28. The molecule has 86 valence electrons. The average molecular weight is 222 g/mol.